The van der Waals surface area contributed by atoms with Gasteiger partial charge in [-0.3, -0.25) is 0 Å². The summed E-state index contributed by atoms with van der Waals surface area (Å²) >= 11 is 1.84. The second-order valence-corrected chi connectivity index (χ2v) is 4.56. The van der Waals surface area contributed by atoms with Gasteiger partial charge in [-0.2, -0.15) is 11.8 Å². The fourth-order valence-electron chi connectivity index (χ4n) is 1.65. The van der Waals surface area contributed by atoms with Gasteiger partial charge in [0.2, 0.25) is 0 Å². The molecule has 0 aliphatic rings. The van der Waals surface area contributed by atoms with E-state index in [2.05, 4.69) is 44.4 Å². The topological polar surface area (TPSA) is 26.0 Å². The third-order valence-electron chi connectivity index (χ3n) is 2.61. The van der Waals surface area contributed by atoms with E-state index in [0.717, 1.165) is 6.42 Å². The summed E-state index contributed by atoms with van der Waals surface area (Å²) in [6.07, 6.45) is 3.16. The molecule has 1 rings (SSSR count). The molecule has 0 radical (unpaired) electrons. The summed E-state index contributed by atoms with van der Waals surface area (Å²) in [5.41, 5.74) is 8.83. The zero-order chi connectivity index (χ0) is 10.6. The molecule has 0 heterocycles. The Morgan fingerprint density at radius 1 is 1.36 bits per heavy atom. The third kappa shape index (κ3) is 2.52. The lowest BCUT2D eigenvalue weighted by Crippen LogP contribution is -2.25. The van der Waals surface area contributed by atoms with E-state index in [1.165, 1.54) is 11.1 Å². The first-order valence-corrected chi connectivity index (χ1v) is 6.33. The van der Waals surface area contributed by atoms with Gasteiger partial charge in [-0.05, 0) is 30.7 Å². The molecule has 0 aromatic heterocycles. The molecule has 2 atom stereocenters. The SMILES string of the molecule is CCC(N)C(SC)c1ccccc1C. The molecule has 1 aromatic rings. The Hall–Kier alpha value is -0.470. The second-order valence-electron chi connectivity index (χ2n) is 3.58. The molecule has 1 nitrogen and oxygen atoms in total. The van der Waals surface area contributed by atoms with Crippen LogP contribution >= 0.6 is 11.8 Å². The van der Waals surface area contributed by atoms with Crippen LogP contribution in [-0.4, -0.2) is 12.3 Å². The molecular weight excluding hydrogens is 190 g/mol. The van der Waals surface area contributed by atoms with Crippen LogP contribution < -0.4 is 5.73 Å². The predicted molar refractivity (Wildman–Crippen MR) is 65.7 cm³/mol. The highest BCUT2D eigenvalue weighted by atomic mass is 32.2. The summed E-state index contributed by atoms with van der Waals surface area (Å²) in [4.78, 5) is 0. The predicted octanol–water partition coefficient (Wildman–Crippen LogP) is 3.14. The standard InChI is InChI=1S/C12H19NS/c1-4-11(13)12(14-3)10-8-6-5-7-9(10)2/h5-8,11-12H,4,13H2,1-3H3. The van der Waals surface area contributed by atoms with Crippen molar-refractivity contribution in [2.75, 3.05) is 6.26 Å². The van der Waals surface area contributed by atoms with Gasteiger partial charge in [-0.1, -0.05) is 31.2 Å². The molecule has 0 aliphatic carbocycles. The van der Waals surface area contributed by atoms with Crippen LogP contribution in [0.15, 0.2) is 24.3 Å². The van der Waals surface area contributed by atoms with Gasteiger partial charge in [0.05, 0.1) is 0 Å². The first-order valence-electron chi connectivity index (χ1n) is 5.04. The molecule has 14 heavy (non-hydrogen) atoms. The Morgan fingerprint density at radius 2 is 2.00 bits per heavy atom. The van der Waals surface area contributed by atoms with Gasteiger partial charge in [-0.15, -0.1) is 0 Å². The molecular formula is C12H19NS. The number of nitrogens with two attached hydrogens (primary N) is 1. The minimum absolute atomic E-state index is 0.256. The van der Waals surface area contributed by atoms with Gasteiger partial charge in [0.1, 0.15) is 0 Å². The van der Waals surface area contributed by atoms with E-state index in [4.69, 9.17) is 5.73 Å². The Morgan fingerprint density at radius 3 is 2.50 bits per heavy atom. The van der Waals surface area contributed by atoms with Crippen molar-refractivity contribution in [3.05, 3.63) is 35.4 Å². The minimum Gasteiger partial charge on any atom is -0.326 e. The third-order valence-corrected chi connectivity index (χ3v) is 3.72. The number of hydrogen-bond acceptors (Lipinski definition) is 2. The van der Waals surface area contributed by atoms with Gasteiger partial charge >= 0.3 is 0 Å². The summed E-state index contributed by atoms with van der Waals surface area (Å²) in [6, 6.07) is 8.76. The number of aryl methyl sites for hydroxylation is 1. The number of thioether (sulfide) groups is 1. The van der Waals surface area contributed by atoms with Crippen molar-refractivity contribution in [1.29, 1.82) is 0 Å². The van der Waals surface area contributed by atoms with Crippen molar-refractivity contribution in [1.82, 2.24) is 0 Å². The largest absolute Gasteiger partial charge is 0.326 e. The maximum Gasteiger partial charge on any atom is 0.0448 e. The van der Waals surface area contributed by atoms with Crippen LogP contribution in [0.5, 0.6) is 0 Å². The molecule has 1 aromatic carbocycles. The van der Waals surface area contributed by atoms with E-state index in [1.807, 2.05) is 11.8 Å². The van der Waals surface area contributed by atoms with Crippen LogP contribution in [0.4, 0.5) is 0 Å². The van der Waals surface area contributed by atoms with Crippen molar-refractivity contribution in [3.63, 3.8) is 0 Å². The van der Waals surface area contributed by atoms with E-state index in [9.17, 15) is 0 Å². The highest BCUT2D eigenvalue weighted by Gasteiger charge is 2.18. The highest BCUT2D eigenvalue weighted by Crippen LogP contribution is 2.32. The van der Waals surface area contributed by atoms with E-state index in [1.54, 1.807) is 0 Å². The van der Waals surface area contributed by atoms with Crippen LogP contribution in [0.2, 0.25) is 0 Å². The van der Waals surface area contributed by atoms with Crippen LogP contribution in [-0.2, 0) is 0 Å². The Balaban J connectivity index is 2.94. The molecule has 0 saturated carbocycles. The lowest BCUT2D eigenvalue weighted by molar-refractivity contribution is 0.633. The monoisotopic (exact) mass is 209 g/mol. The van der Waals surface area contributed by atoms with Crippen LogP contribution in [0.3, 0.4) is 0 Å². The molecule has 2 unspecified atom stereocenters. The van der Waals surface area contributed by atoms with Gasteiger partial charge in [0.15, 0.2) is 0 Å². The van der Waals surface area contributed by atoms with Crippen LogP contribution in [0, 0.1) is 6.92 Å². The minimum atomic E-state index is 0.256. The fraction of sp³-hybridized carbons (Fsp3) is 0.500. The molecule has 0 aliphatic heterocycles. The molecule has 0 saturated heterocycles. The van der Waals surface area contributed by atoms with Gasteiger partial charge in [0, 0.05) is 11.3 Å². The molecule has 0 bridgehead atoms. The quantitative estimate of drug-likeness (QED) is 0.824. The molecule has 2 heteroatoms. The van der Waals surface area contributed by atoms with Gasteiger partial charge < -0.3 is 5.73 Å². The summed E-state index contributed by atoms with van der Waals surface area (Å²) < 4.78 is 0. The second kappa shape index (κ2) is 5.42. The average Bonchev–Trinajstić information content (AvgIpc) is 2.21. The van der Waals surface area contributed by atoms with Crippen LogP contribution in [0.1, 0.15) is 29.7 Å². The lowest BCUT2D eigenvalue weighted by atomic mass is 10.00. The Bertz CT molecular complexity index is 285. The average molecular weight is 209 g/mol. The number of rotatable bonds is 4. The van der Waals surface area contributed by atoms with Crippen LogP contribution in [0.25, 0.3) is 0 Å². The summed E-state index contributed by atoms with van der Waals surface area (Å²) in [7, 11) is 0. The first-order chi connectivity index (χ1) is 6.70. The number of benzene rings is 1. The summed E-state index contributed by atoms with van der Waals surface area (Å²) in [5.74, 6) is 0. The van der Waals surface area contributed by atoms with Crippen molar-refractivity contribution in [2.45, 2.75) is 31.6 Å². The van der Waals surface area contributed by atoms with Gasteiger partial charge in [-0.25, -0.2) is 0 Å². The summed E-state index contributed by atoms with van der Waals surface area (Å²) in [5, 5.41) is 0.432. The molecule has 2 N–H and O–H groups in total. The fourth-order valence-corrected chi connectivity index (χ4v) is 2.71. The molecule has 78 valence electrons. The van der Waals surface area contributed by atoms with Crippen molar-refractivity contribution < 1.29 is 0 Å². The Labute approximate surface area is 91.1 Å². The maximum atomic E-state index is 6.11. The summed E-state index contributed by atoms with van der Waals surface area (Å²) in [6.45, 7) is 4.30. The molecule has 0 fully saturated rings. The van der Waals surface area contributed by atoms with Crippen molar-refractivity contribution >= 4 is 11.8 Å². The smallest absolute Gasteiger partial charge is 0.0448 e. The maximum absolute atomic E-state index is 6.11. The van der Waals surface area contributed by atoms with E-state index < -0.39 is 0 Å². The van der Waals surface area contributed by atoms with Crippen molar-refractivity contribution in [3.8, 4) is 0 Å². The zero-order valence-corrected chi connectivity index (χ0v) is 9.97. The lowest BCUT2D eigenvalue weighted by Gasteiger charge is -2.22. The Kier molecular flexibility index (Phi) is 4.49. The van der Waals surface area contributed by atoms with E-state index >= 15 is 0 Å². The van der Waals surface area contributed by atoms with E-state index in [-0.39, 0.29) is 6.04 Å². The van der Waals surface area contributed by atoms with Crippen molar-refractivity contribution in [2.24, 2.45) is 5.73 Å². The molecule has 0 spiro atoms. The number of hydrogen-bond donors (Lipinski definition) is 1. The first kappa shape index (κ1) is 11.6. The highest BCUT2D eigenvalue weighted by molar-refractivity contribution is 7.98. The molecule has 0 amide bonds. The normalized spacial score (nSPS) is 15.1. The zero-order valence-electron chi connectivity index (χ0n) is 9.16. The van der Waals surface area contributed by atoms with E-state index in [0.29, 0.717) is 5.25 Å². The van der Waals surface area contributed by atoms with Gasteiger partial charge in [0.25, 0.3) is 0 Å².